The number of aryl methyl sites for hydroxylation is 2. The smallest absolute Gasteiger partial charge is 0.231 e. The van der Waals surface area contributed by atoms with Crippen LogP contribution in [0.5, 0.6) is 11.5 Å². The average molecular weight is 228 g/mol. The molecule has 1 aliphatic rings. The molecule has 0 bridgehead atoms. The third kappa shape index (κ3) is 2.32. The highest BCUT2D eigenvalue weighted by molar-refractivity contribution is 5.53. The molecule has 1 aromatic carbocycles. The van der Waals surface area contributed by atoms with Crippen LogP contribution in [0.15, 0.2) is 12.1 Å². The van der Waals surface area contributed by atoms with E-state index in [0.717, 1.165) is 22.6 Å². The van der Waals surface area contributed by atoms with Crippen molar-refractivity contribution < 1.29 is 9.47 Å². The summed E-state index contributed by atoms with van der Waals surface area (Å²) in [5.74, 6) is 1.49. The largest absolute Gasteiger partial charge is 0.453 e. The minimum absolute atomic E-state index is 0.221. The van der Waals surface area contributed by atoms with Crippen LogP contribution in [0, 0.1) is 22.7 Å². The van der Waals surface area contributed by atoms with E-state index >= 15 is 0 Å². The van der Waals surface area contributed by atoms with Gasteiger partial charge < -0.3 is 9.47 Å². The maximum atomic E-state index is 8.59. The number of benzene rings is 1. The van der Waals surface area contributed by atoms with Crippen LogP contribution in [0.2, 0.25) is 0 Å². The third-order valence-electron chi connectivity index (χ3n) is 2.69. The van der Waals surface area contributed by atoms with Gasteiger partial charge in [0.2, 0.25) is 6.79 Å². The summed E-state index contributed by atoms with van der Waals surface area (Å²) in [6.45, 7) is 0.221. The first-order chi connectivity index (χ1) is 8.36. The maximum absolute atomic E-state index is 8.59. The van der Waals surface area contributed by atoms with Crippen LogP contribution in [0.4, 0.5) is 0 Å². The fourth-order valence-electron chi connectivity index (χ4n) is 1.88. The van der Waals surface area contributed by atoms with Crippen LogP contribution in [0.3, 0.4) is 0 Å². The first kappa shape index (κ1) is 11.3. The second-order valence-corrected chi connectivity index (χ2v) is 3.76. The maximum Gasteiger partial charge on any atom is 0.231 e. The lowest BCUT2D eigenvalue weighted by Crippen LogP contribution is -1.94. The van der Waals surface area contributed by atoms with Gasteiger partial charge in [-0.25, -0.2) is 0 Å². The summed E-state index contributed by atoms with van der Waals surface area (Å²) in [6.07, 6.45) is 2.27. The molecular weight excluding hydrogens is 216 g/mol. The van der Waals surface area contributed by atoms with Crippen molar-refractivity contribution in [1.82, 2.24) is 0 Å². The molecule has 0 amide bonds. The molecule has 0 saturated carbocycles. The summed E-state index contributed by atoms with van der Waals surface area (Å²) in [7, 11) is 0. The predicted octanol–water partition coefficient (Wildman–Crippen LogP) is 2.33. The van der Waals surface area contributed by atoms with Crippen LogP contribution in [0.25, 0.3) is 0 Å². The van der Waals surface area contributed by atoms with Crippen molar-refractivity contribution in [1.29, 1.82) is 10.5 Å². The van der Waals surface area contributed by atoms with Crippen LogP contribution < -0.4 is 9.47 Å². The molecule has 0 unspecified atom stereocenters. The van der Waals surface area contributed by atoms with Crippen LogP contribution in [-0.4, -0.2) is 6.79 Å². The van der Waals surface area contributed by atoms with E-state index in [9.17, 15) is 0 Å². The molecule has 0 aromatic heterocycles. The predicted molar refractivity (Wildman–Crippen MR) is 60.4 cm³/mol. The molecule has 0 radical (unpaired) electrons. The van der Waals surface area contributed by atoms with E-state index in [4.69, 9.17) is 20.0 Å². The number of ether oxygens (including phenoxy) is 2. The zero-order chi connectivity index (χ0) is 12.1. The second-order valence-electron chi connectivity index (χ2n) is 3.76. The number of rotatable bonds is 4. The Morgan fingerprint density at radius 3 is 1.82 bits per heavy atom. The fraction of sp³-hybridized carbons (Fsp3) is 0.385. The molecule has 1 aromatic rings. The fourth-order valence-corrected chi connectivity index (χ4v) is 1.88. The molecule has 2 rings (SSSR count). The van der Waals surface area contributed by atoms with Gasteiger partial charge in [-0.3, -0.25) is 0 Å². The molecule has 86 valence electrons. The Bertz CT molecular complexity index is 452. The molecule has 4 nitrogen and oxygen atoms in total. The minimum atomic E-state index is 0.221. The number of hydrogen-bond donors (Lipinski definition) is 0. The zero-order valence-corrected chi connectivity index (χ0v) is 9.40. The SMILES string of the molecule is N#CCCc1ccc(CCC#N)c2c1OCO2. The number of nitriles is 2. The molecule has 0 atom stereocenters. The van der Waals surface area contributed by atoms with E-state index in [1.807, 2.05) is 12.1 Å². The van der Waals surface area contributed by atoms with E-state index in [1.165, 1.54) is 0 Å². The highest BCUT2D eigenvalue weighted by atomic mass is 16.7. The molecule has 0 spiro atoms. The monoisotopic (exact) mass is 228 g/mol. The van der Waals surface area contributed by atoms with Crippen LogP contribution in [0.1, 0.15) is 24.0 Å². The summed E-state index contributed by atoms with van der Waals surface area (Å²) in [4.78, 5) is 0. The van der Waals surface area contributed by atoms with E-state index in [0.29, 0.717) is 25.7 Å². The Hall–Kier alpha value is -2.20. The third-order valence-corrected chi connectivity index (χ3v) is 2.69. The van der Waals surface area contributed by atoms with Gasteiger partial charge in [0.15, 0.2) is 11.5 Å². The second kappa shape index (κ2) is 5.23. The molecule has 0 N–H and O–H groups in total. The molecule has 0 fully saturated rings. The van der Waals surface area contributed by atoms with Crippen LogP contribution in [-0.2, 0) is 12.8 Å². The Balaban J connectivity index is 2.26. The van der Waals surface area contributed by atoms with E-state index < -0.39 is 0 Å². The lowest BCUT2D eigenvalue weighted by atomic mass is 10.0. The van der Waals surface area contributed by atoms with E-state index in [2.05, 4.69) is 12.1 Å². The van der Waals surface area contributed by atoms with Gasteiger partial charge in [0, 0.05) is 12.8 Å². The first-order valence-corrected chi connectivity index (χ1v) is 5.51. The van der Waals surface area contributed by atoms with Crippen molar-refractivity contribution in [3.05, 3.63) is 23.3 Å². The number of hydrogen-bond acceptors (Lipinski definition) is 4. The molecular formula is C13H12N2O2. The van der Waals surface area contributed by atoms with Gasteiger partial charge in [-0.2, -0.15) is 10.5 Å². The summed E-state index contributed by atoms with van der Waals surface area (Å²) in [5.41, 5.74) is 2.00. The quantitative estimate of drug-likeness (QED) is 0.793. The summed E-state index contributed by atoms with van der Waals surface area (Å²) in [5, 5.41) is 17.2. The molecule has 0 aliphatic carbocycles. The van der Waals surface area contributed by atoms with Crippen molar-refractivity contribution in [2.75, 3.05) is 6.79 Å². The number of nitrogens with zero attached hydrogens (tertiary/aromatic N) is 2. The molecule has 1 heterocycles. The normalized spacial score (nSPS) is 11.9. The van der Waals surface area contributed by atoms with E-state index in [-0.39, 0.29) is 6.79 Å². The zero-order valence-electron chi connectivity index (χ0n) is 9.40. The standard InChI is InChI=1S/C13H12N2O2/c14-7-1-3-10-5-6-11(4-2-8-15)13-12(10)16-9-17-13/h5-6H,1-4,9H2. The average Bonchev–Trinajstić information content (AvgIpc) is 2.83. The summed E-state index contributed by atoms with van der Waals surface area (Å²) >= 11 is 0. The van der Waals surface area contributed by atoms with Gasteiger partial charge in [-0.15, -0.1) is 0 Å². The molecule has 1 aliphatic heterocycles. The minimum Gasteiger partial charge on any atom is -0.453 e. The topological polar surface area (TPSA) is 66.0 Å². The summed E-state index contributed by atoms with van der Waals surface area (Å²) < 4.78 is 10.9. The Labute approximate surface area is 100.0 Å². The van der Waals surface area contributed by atoms with Gasteiger partial charge in [0.25, 0.3) is 0 Å². The van der Waals surface area contributed by atoms with Crippen molar-refractivity contribution in [3.63, 3.8) is 0 Å². The Morgan fingerprint density at radius 2 is 1.41 bits per heavy atom. The van der Waals surface area contributed by atoms with Crippen molar-refractivity contribution in [2.24, 2.45) is 0 Å². The lowest BCUT2D eigenvalue weighted by molar-refractivity contribution is 0.172. The van der Waals surface area contributed by atoms with E-state index in [1.54, 1.807) is 0 Å². The summed E-state index contributed by atoms with van der Waals surface area (Å²) in [6, 6.07) is 8.15. The van der Waals surface area contributed by atoms with Gasteiger partial charge in [0.1, 0.15) is 0 Å². The van der Waals surface area contributed by atoms with Crippen molar-refractivity contribution in [3.8, 4) is 23.6 Å². The molecule has 4 heteroatoms. The van der Waals surface area contributed by atoms with Gasteiger partial charge in [0.05, 0.1) is 12.1 Å². The highest BCUT2D eigenvalue weighted by Gasteiger charge is 2.21. The Morgan fingerprint density at radius 1 is 0.941 bits per heavy atom. The van der Waals surface area contributed by atoms with Gasteiger partial charge in [-0.05, 0) is 24.0 Å². The van der Waals surface area contributed by atoms with Crippen LogP contribution >= 0.6 is 0 Å². The first-order valence-electron chi connectivity index (χ1n) is 5.51. The lowest BCUT2D eigenvalue weighted by Gasteiger charge is -2.07. The highest BCUT2D eigenvalue weighted by Crippen LogP contribution is 2.39. The molecule has 17 heavy (non-hydrogen) atoms. The van der Waals surface area contributed by atoms with Gasteiger partial charge in [-0.1, -0.05) is 12.1 Å². The number of fused-ring (bicyclic) bond motifs is 1. The van der Waals surface area contributed by atoms with Crippen molar-refractivity contribution in [2.45, 2.75) is 25.7 Å². The Kier molecular flexibility index (Phi) is 3.47. The van der Waals surface area contributed by atoms with Crippen molar-refractivity contribution >= 4 is 0 Å². The molecule has 0 saturated heterocycles. The van der Waals surface area contributed by atoms with Gasteiger partial charge >= 0.3 is 0 Å².